The minimum absolute atomic E-state index is 0.158. The Bertz CT molecular complexity index is 951. The number of hydrogen-bond acceptors (Lipinski definition) is 6. The summed E-state index contributed by atoms with van der Waals surface area (Å²) in [5.41, 5.74) is 0.0669. The van der Waals surface area contributed by atoms with E-state index in [1.165, 1.54) is 31.7 Å². The number of rotatable bonds is 6. The highest BCUT2D eigenvalue weighted by Crippen LogP contribution is 2.69. The van der Waals surface area contributed by atoms with Crippen molar-refractivity contribution in [2.75, 3.05) is 7.11 Å². The molecule has 168 valence electrons. The van der Waals surface area contributed by atoms with Crippen molar-refractivity contribution in [3.05, 3.63) is 35.4 Å². The number of hydrogen-bond donors (Lipinski definition) is 3. The van der Waals surface area contributed by atoms with E-state index < -0.39 is 25.2 Å². The maximum atomic E-state index is 11.5. The zero-order chi connectivity index (χ0) is 22.0. The Kier molecular flexibility index (Phi) is 4.86. The van der Waals surface area contributed by atoms with Crippen LogP contribution in [0.5, 0.6) is 5.75 Å². The maximum absolute atomic E-state index is 11.5. The van der Waals surface area contributed by atoms with Crippen LogP contribution in [0.15, 0.2) is 24.3 Å². The molecule has 1 heterocycles. The minimum atomic E-state index is -4.89. The van der Waals surface area contributed by atoms with Gasteiger partial charge in [0.25, 0.3) is 5.79 Å². The third kappa shape index (κ3) is 3.18. The van der Waals surface area contributed by atoms with Crippen molar-refractivity contribution in [1.82, 2.24) is 0 Å². The summed E-state index contributed by atoms with van der Waals surface area (Å²) in [7, 11) is -3.35. The number of carboxylic acid groups (broad SMARTS) is 1. The predicted octanol–water partition coefficient (Wildman–Crippen LogP) is 3.21. The molecule has 0 aromatic heterocycles. The first-order valence-corrected chi connectivity index (χ1v) is 11.9. The lowest BCUT2D eigenvalue weighted by Gasteiger charge is -2.68. The molecule has 1 spiro atoms. The summed E-state index contributed by atoms with van der Waals surface area (Å²) in [5.74, 6) is -0.632. The Morgan fingerprint density at radius 1 is 1.13 bits per heavy atom. The minimum Gasteiger partial charge on any atom is -0.478 e. The van der Waals surface area contributed by atoms with Crippen LogP contribution in [-0.4, -0.2) is 33.6 Å². The predicted molar refractivity (Wildman–Crippen MR) is 106 cm³/mol. The van der Waals surface area contributed by atoms with Gasteiger partial charge in [-0.05, 0) is 67.9 Å². The summed E-state index contributed by atoms with van der Waals surface area (Å²) < 4.78 is 22.4. The Labute approximate surface area is 179 Å². The normalized spacial score (nSPS) is 38.5. The molecule has 1 aromatic rings. The van der Waals surface area contributed by atoms with Crippen molar-refractivity contribution in [1.29, 1.82) is 0 Å². The third-order valence-corrected chi connectivity index (χ3v) is 7.90. The van der Waals surface area contributed by atoms with Gasteiger partial charge in [-0.2, -0.15) is 4.89 Å². The van der Waals surface area contributed by atoms with Gasteiger partial charge in [-0.15, -0.1) is 0 Å². The number of aliphatic carboxylic acids is 1. The zero-order valence-corrected chi connectivity index (χ0v) is 17.9. The molecule has 1 unspecified atom stereocenters. The Morgan fingerprint density at radius 3 is 2.26 bits per heavy atom. The van der Waals surface area contributed by atoms with Crippen LogP contribution in [0.2, 0.25) is 0 Å². The molecule has 1 aromatic carbocycles. The van der Waals surface area contributed by atoms with Gasteiger partial charge >= 0.3 is 13.8 Å². The lowest BCUT2D eigenvalue weighted by Crippen LogP contribution is -2.76. The summed E-state index contributed by atoms with van der Waals surface area (Å²) in [5, 5.41) is 8.91. The van der Waals surface area contributed by atoms with Crippen LogP contribution in [0.25, 0.3) is 6.08 Å². The number of carboxylic acids is 1. The molecule has 4 aliphatic carbocycles. The van der Waals surface area contributed by atoms with E-state index in [1.807, 2.05) is 0 Å². The van der Waals surface area contributed by atoms with E-state index in [2.05, 4.69) is 0 Å². The molecule has 4 bridgehead atoms. The van der Waals surface area contributed by atoms with Crippen LogP contribution in [-0.2, 0) is 29.7 Å². The van der Waals surface area contributed by atoms with Crippen molar-refractivity contribution in [2.45, 2.75) is 43.5 Å². The number of methoxy groups -OCH3 is 1. The Morgan fingerprint density at radius 2 is 1.77 bits per heavy atom. The molecule has 0 radical (unpaired) electrons. The molecule has 1 aliphatic heterocycles. The second kappa shape index (κ2) is 7.13. The number of phosphoric acid groups is 1. The fraction of sp³-hybridized carbons (Fsp3) is 0.571. The molecular weight excluding hydrogens is 427 g/mol. The number of phosphoric ester groups is 1. The summed E-state index contributed by atoms with van der Waals surface area (Å²) in [4.78, 5) is 41.2. The standard InChI is InChI=1S/C21H25O9P/c1-27-21(20(29-30-21)16-7-12-6-13(9-16)10-17(20)8-12)15-4-2-14(3-5-19(22)23)18(11-15)28-31(24,25)26/h2-5,11-13,16-17H,6-10H2,1H3,(H,22,23)(H2,24,25,26)/b5-3+. The summed E-state index contributed by atoms with van der Waals surface area (Å²) in [6.45, 7) is 0. The Hall–Kier alpha value is -1.74. The topological polar surface area (TPSA) is 132 Å². The number of carbonyl (C=O) groups is 1. The van der Waals surface area contributed by atoms with Crippen LogP contribution in [0.1, 0.15) is 43.2 Å². The molecule has 5 fully saturated rings. The molecule has 31 heavy (non-hydrogen) atoms. The van der Waals surface area contributed by atoms with Gasteiger partial charge in [0.1, 0.15) is 5.75 Å². The van der Waals surface area contributed by atoms with Crippen molar-refractivity contribution < 1.29 is 43.3 Å². The molecule has 5 aliphatic rings. The fourth-order valence-electron chi connectivity index (χ4n) is 6.60. The smallest absolute Gasteiger partial charge is 0.478 e. The second-order valence-corrected chi connectivity index (χ2v) is 10.3. The molecule has 4 saturated carbocycles. The van der Waals surface area contributed by atoms with Gasteiger partial charge in [-0.1, -0.05) is 12.1 Å². The fourth-order valence-corrected chi connectivity index (χ4v) is 7.02. The molecule has 6 rings (SSSR count). The van der Waals surface area contributed by atoms with Gasteiger partial charge in [0, 0.05) is 24.3 Å². The first-order valence-electron chi connectivity index (χ1n) is 10.4. The van der Waals surface area contributed by atoms with Gasteiger partial charge in [-0.25, -0.2) is 14.2 Å². The first kappa shape index (κ1) is 21.1. The lowest BCUT2D eigenvalue weighted by molar-refractivity contribution is -0.645. The largest absolute Gasteiger partial charge is 0.524 e. The van der Waals surface area contributed by atoms with Gasteiger partial charge in [0.05, 0.1) is 0 Å². The van der Waals surface area contributed by atoms with Crippen molar-refractivity contribution >= 4 is 19.9 Å². The van der Waals surface area contributed by atoms with E-state index in [0.717, 1.165) is 31.8 Å². The molecule has 3 N–H and O–H groups in total. The van der Waals surface area contributed by atoms with E-state index in [0.29, 0.717) is 17.4 Å². The maximum Gasteiger partial charge on any atom is 0.524 e. The van der Waals surface area contributed by atoms with Gasteiger partial charge in [0.15, 0.2) is 5.60 Å². The van der Waals surface area contributed by atoms with Gasteiger partial charge in [-0.3, -0.25) is 9.79 Å². The molecule has 9 nitrogen and oxygen atoms in total. The number of benzene rings is 1. The highest BCUT2D eigenvalue weighted by Gasteiger charge is 2.76. The van der Waals surface area contributed by atoms with E-state index in [9.17, 15) is 19.1 Å². The Balaban J connectivity index is 1.57. The summed E-state index contributed by atoms with van der Waals surface area (Å²) in [6.07, 6.45) is 7.55. The second-order valence-electron chi connectivity index (χ2n) is 9.09. The molecule has 10 heteroatoms. The molecule has 0 amide bonds. The molecule has 1 saturated heterocycles. The summed E-state index contributed by atoms with van der Waals surface area (Å²) in [6, 6.07) is 4.68. The van der Waals surface area contributed by atoms with Crippen LogP contribution >= 0.6 is 7.82 Å². The highest BCUT2D eigenvalue weighted by atomic mass is 31.2. The van der Waals surface area contributed by atoms with Crippen LogP contribution < -0.4 is 4.52 Å². The molecular formula is C21H25O9P. The average molecular weight is 452 g/mol. The van der Waals surface area contributed by atoms with E-state index in [1.54, 1.807) is 6.07 Å². The third-order valence-electron chi connectivity index (χ3n) is 7.47. The van der Waals surface area contributed by atoms with Crippen LogP contribution in [0.4, 0.5) is 0 Å². The highest BCUT2D eigenvalue weighted by molar-refractivity contribution is 7.46. The number of ether oxygens (including phenoxy) is 1. The van der Waals surface area contributed by atoms with E-state index >= 15 is 0 Å². The monoisotopic (exact) mass is 452 g/mol. The van der Waals surface area contributed by atoms with Crippen molar-refractivity contribution in [2.24, 2.45) is 23.7 Å². The van der Waals surface area contributed by atoms with Crippen LogP contribution in [0.3, 0.4) is 0 Å². The first-order chi connectivity index (χ1) is 14.7. The van der Waals surface area contributed by atoms with Crippen molar-refractivity contribution in [3.63, 3.8) is 0 Å². The van der Waals surface area contributed by atoms with E-state index in [4.69, 9.17) is 24.1 Å². The average Bonchev–Trinajstić information content (AvgIpc) is 2.65. The van der Waals surface area contributed by atoms with Gasteiger partial charge in [0.2, 0.25) is 0 Å². The molecule has 1 atom stereocenters. The summed E-state index contributed by atoms with van der Waals surface area (Å²) >= 11 is 0. The SMILES string of the molecule is COC1(c2ccc(/C=C/C(=O)O)c(OP(=O)(O)O)c2)OOC12C1CC3CC(C1)CC2C3. The quantitative estimate of drug-likeness (QED) is 0.338. The lowest BCUT2D eigenvalue weighted by atomic mass is 9.47. The van der Waals surface area contributed by atoms with Crippen LogP contribution in [0, 0.1) is 23.7 Å². The van der Waals surface area contributed by atoms with E-state index in [-0.39, 0.29) is 23.1 Å². The zero-order valence-electron chi connectivity index (χ0n) is 17.0. The van der Waals surface area contributed by atoms with Crippen molar-refractivity contribution in [3.8, 4) is 5.75 Å². The van der Waals surface area contributed by atoms with Gasteiger partial charge < -0.3 is 14.4 Å².